The molecule has 10 heteroatoms. The largest absolute Gasteiger partial charge is 0.379 e. The molecule has 0 unspecified atom stereocenters. The number of amides is 2. The predicted octanol–water partition coefficient (Wildman–Crippen LogP) is 0.577. The molecule has 152 valence electrons. The van der Waals surface area contributed by atoms with Crippen LogP contribution in [0.5, 0.6) is 0 Å². The van der Waals surface area contributed by atoms with E-state index in [1.54, 1.807) is 24.3 Å². The lowest BCUT2D eigenvalue weighted by Gasteiger charge is -2.26. The molecule has 0 atom stereocenters. The molecule has 2 heterocycles. The number of nitrogens with one attached hydrogen (secondary N) is 2. The van der Waals surface area contributed by atoms with E-state index in [0.29, 0.717) is 31.9 Å². The molecule has 3 rings (SSSR count). The monoisotopic (exact) mass is 416 g/mol. The Morgan fingerprint density at radius 2 is 1.76 bits per heavy atom. The second-order valence-electron chi connectivity index (χ2n) is 6.08. The van der Waals surface area contributed by atoms with E-state index in [2.05, 4.69) is 15.8 Å². The second kappa shape index (κ2) is 9.41. The van der Waals surface area contributed by atoms with Crippen molar-refractivity contribution in [2.45, 2.75) is 4.90 Å². The van der Waals surface area contributed by atoms with Gasteiger partial charge in [0.05, 0.1) is 18.1 Å². The molecule has 0 saturated carbocycles. The summed E-state index contributed by atoms with van der Waals surface area (Å²) in [5.74, 6) is -1.08. The zero-order chi connectivity index (χ0) is 20.7. The smallest absolute Gasteiger partial charge is 0.288 e. The van der Waals surface area contributed by atoms with Gasteiger partial charge in [-0.25, -0.2) is 8.42 Å². The third-order valence-electron chi connectivity index (χ3n) is 4.11. The zero-order valence-electron chi connectivity index (χ0n) is 15.4. The maximum Gasteiger partial charge on any atom is 0.288 e. The number of ether oxygens (including phenoxy) is 1. The molecule has 0 spiro atoms. The number of benzene rings is 1. The molecule has 0 aliphatic carbocycles. The van der Waals surface area contributed by atoms with Crippen molar-refractivity contribution in [3.05, 3.63) is 66.0 Å². The minimum absolute atomic E-state index is 0.175. The van der Waals surface area contributed by atoms with E-state index in [1.807, 2.05) is 0 Å². The highest BCUT2D eigenvalue weighted by Gasteiger charge is 2.25. The van der Waals surface area contributed by atoms with Crippen molar-refractivity contribution >= 4 is 27.9 Å². The predicted molar refractivity (Wildman–Crippen MR) is 105 cm³/mol. The van der Waals surface area contributed by atoms with Crippen LogP contribution in [0.25, 0.3) is 6.08 Å². The van der Waals surface area contributed by atoms with Gasteiger partial charge < -0.3 is 4.74 Å². The number of sulfonamides is 1. The van der Waals surface area contributed by atoms with Gasteiger partial charge in [-0.15, -0.1) is 0 Å². The highest BCUT2D eigenvalue weighted by molar-refractivity contribution is 7.89. The normalized spacial score (nSPS) is 15.2. The first-order valence-electron chi connectivity index (χ1n) is 8.84. The lowest BCUT2D eigenvalue weighted by atomic mass is 10.2. The highest BCUT2D eigenvalue weighted by Crippen LogP contribution is 2.18. The molecule has 1 aliphatic rings. The summed E-state index contributed by atoms with van der Waals surface area (Å²) in [6, 6.07) is 11.0. The minimum Gasteiger partial charge on any atom is -0.379 e. The van der Waals surface area contributed by atoms with Gasteiger partial charge in [-0.2, -0.15) is 4.31 Å². The van der Waals surface area contributed by atoms with Crippen molar-refractivity contribution in [2.24, 2.45) is 0 Å². The van der Waals surface area contributed by atoms with Gasteiger partial charge >= 0.3 is 0 Å². The summed E-state index contributed by atoms with van der Waals surface area (Å²) in [7, 11) is -3.56. The van der Waals surface area contributed by atoms with Gasteiger partial charge in [-0.05, 0) is 35.9 Å². The Labute approximate surface area is 168 Å². The van der Waals surface area contributed by atoms with Gasteiger partial charge in [0.15, 0.2) is 0 Å². The second-order valence-corrected chi connectivity index (χ2v) is 8.02. The Balaban J connectivity index is 1.55. The number of morpholine rings is 1. The number of rotatable bonds is 5. The van der Waals surface area contributed by atoms with E-state index in [9.17, 15) is 18.0 Å². The number of hydrogen-bond acceptors (Lipinski definition) is 6. The van der Waals surface area contributed by atoms with Crippen LogP contribution in [0.3, 0.4) is 0 Å². The highest BCUT2D eigenvalue weighted by atomic mass is 32.2. The van der Waals surface area contributed by atoms with E-state index < -0.39 is 21.8 Å². The van der Waals surface area contributed by atoms with Gasteiger partial charge in [0.25, 0.3) is 11.8 Å². The molecular weight excluding hydrogens is 396 g/mol. The Bertz CT molecular complexity index is 985. The molecular formula is C19H20N4O5S. The summed E-state index contributed by atoms with van der Waals surface area (Å²) < 4.78 is 31.7. The molecule has 1 aliphatic heterocycles. The SMILES string of the molecule is O=C(/C=C/c1ccc(S(=O)(=O)N2CCOCC2)cc1)NNC(=O)c1ccccn1. The van der Waals surface area contributed by atoms with Crippen molar-refractivity contribution in [3.8, 4) is 0 Å². The first-order valence-corrected chi connectivity index (χ1v) is 10.3. The number of carbonyl (C=O) groups excluding carboxylic acids is 2. The Kier molecular flexibility index (Phi) is 6.70. The molecule has 0 bridgehead atoms. The molecule has 1 saturated heterocycles. The Hall–Kier alpha value is -3.08. The maximum absolute atomic E-state index is 12.6. The molecule has 1 aromatic carbocycles. The molecule has 2 N–H and O–H groups in total. The van der Waals surface area contributed by atoms with Gasteiger partial charge in [-0.3, -0.25) is 25.4 Å². The van der Waals surface area contributed by atoms with Crippen molar-refractivity contribution in [2.75, 3.05) is 26.3 Å². The fraction of sp³-hybridized carbons (Fsp3) is 0.211. The van der Waals surface area contributed by atoms with Crippen LogP contribution in [-0.4, -0.2) is 55.8 Å². The lowest BCUT2D eigenvalue weighted by Crippen LogP contribution is -2.41. The van der Waals surface area contributed by atoms with Crippen LogP contribution in [0.1, 0.15) is 16.1 Å². The van der Waals surface area contributed by atoms with E-state index in [1.165, 1.54) is 40.9 Å². The topological polar surface area (TPSA) is 118 Å². The first-order chi connectivity index (χ1) is 14.0. The molecule has 2 amide bonds. The zero-order valence-corrected chi connectivity index (χ0v) is 16.3. The van der Waals surface area contributed by atoms with Gasteiger partial charge in [-0.1, -0.05) is 18.2 Å². The first kappa shape index (κ1) is 20.6. The van der Waals surface area contributed by atoms with Crippen LogP contribution in [0.4, 0.5) is 0 Å². The average Bonchev–Trinajstić information content (AvgIpc) is 2.77. The van der Waals surface area contributed by atoms with Gasteiger partial charge in [0.2, 0.25) is 10.0 Å². The molecule has 2 aromatic rings. The van der Waals surface area contributed by atoms with E-state index in [4.69, 9.17) is 4.74 Å². The van der Waals surface area contributed by atoms with Crippen LogP contribution in [0, 0.1) is 0 Å². The van der Waals surface area contributed by atoms with E-state index in [-0.39, 0.29) is 10.6 Å². The summed E-state index contributed by atoms with van der Waals surface area (Å²) in [5, 5.41) is 0. The van der Waals surface area contributed by atoms with E-state index in [0.717, 1.165) is 0 Å². The number of nitrogens with zero attached hydrogens (tertiary/aromatic N) is 2. The molecule has 1 aromatic heterocycles. The standard InChI is InChI=1S/C19H20N4O5S/c24-18(21-22-19(25)17-3-1-2-10-20-17)9-6-15-4-7-16(8-5-15)29(26,27)23-11-13-28-14-12-23/h1-10H,11-14H2,(H,21,24)(H,22,25)/b9-6+. The number of hydrazine groups is 1. The van der Waals surface area contributed by atoms with Crippen molar-refractivity contribution in [1.29, 1.82) is 0 Å². The molecule has 0 radical (unpaired) electrons. The number of pyridine rings is 1. The summed E-state index contributed by atoms with van der Waals surface area (Å²) in [6.07, 6.45) is 4.21. The van der Waals surface area contributed by atoms with E-state index >= 15 is 0 Å². The van der Waals surface area contributed by atoms with Crippen LogP contribution >= 0.6 is 0 Å². The third kappa shape index (κ3) is 5.47. The number of hydrogen-bond donors (Lipinski definition) is 2. The Morgan fingerprint density at radius 3 is 2.41 bits per heavy atom. The van der Waals surface area contributed by atoms with Crippen molar-refractivity contribution in [1.82, 2.24) is 20.1 Å². The summed E-state index contributed by atoms with van der Waals surface area (Å²) in [6.45, 7) is 1.42. The summed E-state index contributed by atoms with van der Waals surface area (Å²) in [5.41, 5.74) is 5.31. The fourth-order valence-electron chi connectivity index (χ4n) is 2.58. The van der Waals surface area contributed by atoms with Crippen molar-refractivity contribution in [3.63, 3.8) is 0 Å². The third-order valence-corrected chi connectivity index (χ3v) is 6.02. The van der Waals surface area contributed by atoms with Crippen LogP contribution in [0.15, 0.2) is 59.6 Å². The minimum atomic E-state index is -3.56. The average molecular weight is 416 g/mol. The molecule has 9 nitrogen and oxygen atoms in total. The lowest BCUT2D eigenvalue weighted by molar-refractivity contribution is -0.117. The molecule has 29 heavy (non-hydrogen) atoms. The van der Waals surface area contributed by atoms with Crippen LogP contribution < -0.4 is 10.9 Å². The summed E-state index contributed by atoms with van der Waals surface area (Å²) >= 11 is 0. The molecule has 1 fully saturated rings. The quantitative estimate of drug-likeness (QED) is 0.544. The number of carbonyl (C=O) groups is 2. The van der Waals surface area contributed by atoms with Gasteiger partial charge in [0, 0.05) is 25.4 Å². The van der Waals surface area contributed by atoms with Crippen molar-refractivity contribution < 1.29 is 22.7 Å². The van der Waals surface area contributed by atoms with Gasteiger partial charge in [0.1, 0.15) is 5.69 Å². The fourth-order valence-corrected chi connectivity index (χ4v) is 3.99. The number of aromatic nitrogens is 1. The Morgan fingerprint density at radius 1 is 1.03 bits per heavy atom. The summed E-state index contributed by atoms with van der Waals surface area (Å²) in [4.78, 5) is 27.7. The van der Waals surface area contributed by atoms with Crippen LogP contribution in [0.2, 0.25) is 0 Å². The van der Waals surface area contributed by atoms with Crippen LogP contribution in [-0.2, 0) is 19.6 Å². The maximum atomic E-state index is 12.6.